The first-order valence-corrected chi connectivity index (χ1v) is 36.0. The maximum Gasteiger partial charge on any atom is 0.228 e. The van der Waals surface area contributed by atoms with Crippen molar-refractivity contribution in [1.29, 1.82) is 10.5 Å². The molecule has 18 rings (SSSR count). The third-order valence-corrected chi connectivity index (χ3v) is 19.7. The van der Waals surface area contributed by atoms with Gasteiger partial charge in [0.1, 0.15) is 11.0 Å². The number of benzene rings is 14. The maximum absolute atomic E-state index is 10.6. The van der Waals surface area contributed by atoms with E-state index in [4.69, 9.17) is 34.3 Å². The molecule has 0 radical (unpaired) electrons. The van der Waals surface area contributed by atoms with Crippen LogP contribution in [-0.4, -0.2) is 41.1 Å². The predicted octanol–water partition coefficient (Wildman–Crippen LogP) is 23.6. The third-order valence-electron chi connectivity index (χ3n) is 19.7. The summed E-state index contributed by atoms with van der Waals surface area (Å²) in [5.41, 5.74) is 30.1. The van der Waals surface area contributed by atoms with Gasteiger partial charge < -0.3 is 4.74 Å². The van der Waals surface area contributed by atoms with Gasteiger partial charge in [-0.25, -0.2) is 34.5 Å². The number of hydrogen-bond acceptors (Lipinski definition) is 12. The van der Waals surface area contributed by atoms with Gasteiger partial charge in [0.15, 0.2) is 29.1 Å². The van der Waals surface area contributed by atoms with Crippen molar-refractivity contribution in [2.24, 2.45) is 4.99 Å². The molecular weight excluding hydrogens is 1350 g/mol. The molecule has 17 aromatic rings. The molecule has 0 amide bonds. The van der Waals surface area contributed by atoms with Gasteiger partial charge in [0.2, 0.25) is 5.90 Å². The first-order chi connectivity index (χ1) is 54.3. The van der Waals surface area contributed by atoms with Crippen LogP contribution in [0.5, 0.6) is 0 Å². The van der Waals surface area contributed by atoms with Crippen LogP contribution in [0.4, 0.5) is 0 Å². The molecule has 0 saturated heterocycles. The van der Waals surface area contributed by atoms with Crippen molar-refractivity contribution in [3.8, 4) is 169 Å². The maximum atomic E-state index is 10.6. The minimum atomic E-state index is 0.523. The number of aromatic nitrogens is 7. The lowest BCUT2D eigenvalue weighted by Crippen LogP contribution is -2.09. The molecule has 0 bridgehead atoms. The Bertz CT molecular complexity index is 6600. The van der Waals surface area contributed by atoms with Gasteiger partial charge in [-0.15, -0.1) is 0 Å². The Labute approximate surface area is 634 Å². The fourth-order valence-corrected chi connectivity index (χ4v) is 14.2. The molecule has 514 valence electrons. The lowest BCUT2D eigenvalue weighted by molar-refractivity contribution is 0.315. The number of nitriles is 2. The number of nitrogens with zero attached hydrogens (tertiary/aromatic N) is 10. The van der Waals surface area contributed by atoms with Crippen molar-refractivity contribution >= 4 is 22.7 Å². The smallest absolute Gasteiger partial charge is 0.228 e. The second-order valence-electron chi connectivity index (χ2n) is 26.7. The first kappa shape index (κ1) is 66.5. The van der Waals surface area contributed by atoms with Crippen LogP contribution in [0.2, 0.25) is 0 Å². The molecule has 0 spiro atoms. The average molecular weight is 1410 g/mol. The second kappa shape index (κ2) is 29.2. The Kier molecular flexibility index (Phi) is 17.7. The van der Waals surface area contributed by atoms with E-state index in [1.807, 2.05) is 189 Å². The van der Waals surface area contributed by atoms with Crippen LogP contribution in [0.15, 0.2) is 367 Å². The van der Waals surface area contributed by atoms with Crippen molar-refractivity contribution in [3.05, 3.63) is 379 Å². The summed E-state index contributed by atoms with van der Waals surface area (Å²) in [6.45, 7) is 1.92. The molecule has 0 saturated carbocycles. The zero-order valence-corrected chi connectivity index (χ0v) is 59.2. The number of fused-ring (bicyclic) bond motifs is 1. The van der Waals surface area contributed by atoms with E-state index >= 15 is 0 Å². The molecule has 1 aliphatic heterocycles. The standard InChI is InChI=1S/C98H60N10O2/c1-62-52-91(109-98(101-62)74-26-12-5-13-27-74)69-43-39-68(40-44-69)83-49-36-63(60-99)55-88(83)86-35-17-14-32-81(86)67-41-47-73(48-42-67)97-105-95(71-24-10-4-11-25-71)104-96(106-97)72-45-37-65(38-46-72)75-28-18-30-77(56-75)89-59-90(103-94(102-89)70-22-8-3-9-23-70)78-31-19-29-76(57-78)79-53-64(61-100)54-80(58-79)82-33-15-16-34-85(82)87-51-50-84(66-20-6-2-7-21-66)92-93(87)108-110-107-92/h2-51,53-59H,1H3. The zero-order valence-electron chi connectivity index (χ0n) is 59.2. The molecule has 12 nitrogen and oxygen atoms in total. The normalized spacial score (nSPS) is 11.8. The molecule has 0 atom stereocenters. The monoisotopic (exact) mass is 1410 g/mol. The first-order valence-electron chi connectivity index (χ1n) is 36.0. The van der Waals surface area contributed by atoms with Gasteiger partial charge in [-0.3, -0.25) is 0 Å². The number of hydrogen-bond donors (Lipinski definition) is 0. The fourth-order valence-electron chi connectivity index (χ4n) is 14.2. The van der Waals surface area contributed by atoms with Crippen molar-refractivity contribution in [2.45, 2.75) is 6.92 Å². The van der Waals surface area contributed by atoms with E-state index in [0.29, 0.717) is 57.1 Å². The molecule has 0 unspecified atom stereocenters. The largest absolute Gasteiger partial charge is 0.429 e. The molecule has 14 aromatic carbocycles. The molecule has 12 heteroatoms. The Morgan fingerprint density at radius 1 is 0.264 bits per heavy atom. The summed E-state index contributed by atoms with van der Waals surface area (Å²) in [6.07, 6.45) is 0. The van der Waals surface area contributed by atoms with E-state index in [9.17, 15) is 10.5 Å². The molecule has 110 heavy (non-hydrogen) atoms. The molecular formula is C98H60N10O2. The van der Waals surface area contributed by atoms with Gasteiger partial charge in [0, 0.05) is 55.6 Å². The summed E-state index contributed by atoms with van der Waals surface area (Å²) in [5.74, 6) is 3.33. The zero-order chi connectivity index (χ0) is 73.9. The summed E-state index contributed by atoms with van der Waals surface area (Å²) in [5, 5.41) is 29.6. The number of ether oxygens (including phenoxy) is 1. The minimum Gasteiger partial charge on any atom is -0.429 e. The topological polar surface area (TPSA) is 173 Å². The summed E-state index contributed by atoms with van der Waals surface area (Å²) >= 11 is 0. The van der Waals surface area contributed by atoms with Crippen LogP contribution >= 0.6 is 0 Å². The second-order valence-corrected chi connectivity index (χ2v) is 26.7. The summed E-state index contributed by atoms with van der Waals surface area (Å²) in [7, 11) is 0. The van der Waals surface area contributed by atoms with Crippen LogP contribution in [0.25, 0.3) is 174 Å². The fraction of sp³-hybridized carbons (Fsp3) is 0.0102. The van der Waals surface area contributed by atoms with Gasteiger partial charge in [-0.1, -0.05) is 279 Å². The highest BCUT2D eigenvalue weighted by molar-refractivity contribution is 6.03. The molecule has 3 aromatic heterocycles. The number of rotatable bonds is 16. The van der Waals surface area contributed by atoms with Crippen LogP contribution in [0.1, 0.15) is 29.2 Å². The molecule has 0 N–H and O–H groups in total. The Balaban J connectivity index is 0.633. The molecule has 1 aliphatic rings. The van der Waals surface area contributed by atoms with Crippen molar-refractivity contribution < 1.29 is 9.37 Å². The summed E-state index contributed by atoms with van der Waals surface area (Å²) in [6, 6.07) is 121. The van der Waals surface area contributed by atoms with Crippen LogP contribution in [0.3, 0.4) is 0 Å². The van der Waals surface area contributed by atoms with Gasteiger partial charge in [-0.05, 0) is 168 Å². The van der Waals surface area contributed by atoms with Crippen molar-refractivity contribution in [1.82, 2.24) is 35.2 Å². The molecule has 0 fully saturated rings. The van der Waals surface area contributed by atoms with Gasteiger partial charge in [0.25, 0.3) is 0 Å². The predicted molar refractivity (Wildman–Crippen MR) is 436 cm³/mol. The van der Waals surface area contributed by atoms with E-state index in [1.165, 1.54) is 0 Å². The highest BCUT2D eigenvalue weighted by Crippen LogP contribution is 2.44. The molecule has 4 heterocycles. The van der Waals surface area contributed by atoms with Gasteiger partial charge in [0.05, 0.1) is 40.4 Å². The number of allylic oxidation sites excluding steroid dienone is 1. The quantitative estimate of drug-likeness (QED) is 0.0843. The van der Waals surface area contributed by atoms with E-state index in [-0.39, 0.29) is 0 Å². The van der Waals surface area contributed by atoms with Crippen molar-refractivity contribution in [2.75, 3.05) is 0 Å². The van der Waals surface area contributed by atoms with Gasteiger partial charge >= 0.3 is 0 Å². The Hall–Kier alpha value is -15.5. The Morgan fingerprint density at radius 2 is 0.645 bits per heavy atom. The Morgan fingerprint density at radius 3 is 1.21 bits per heavy atom. The van der Waals surface area contributed by atoms with Crippen LogP contribution < -0.4 is 0 Å². The van der Waals surface area contributed by atoms with E-state index in [2.05, 4.69) is 197 Å². The lowest BCUT2D eigenvalue weighted by atomic mass is 9.88. The third kappa shape index (κ3) is 13.4. The average Bonchev–Trinajstić information content (AvgIpc) is 1.43. The van der Waals surface area contributed by atoms with E-state index in [0.717, 1.165) is 151 Å². The minimum absolute atomic E-state index is 0.523. The van der Waals surface area contributed by atoms with E-state index in [1.54, 1.807) is 0 Å². The highest BCUT2D eigenvalue weighted by Gasteiger charge is 2.23. The highest BCUT2D eigenvalue weighted by atomic mass is 16.6. The SMILES string of the molecule is CC1=C=C(c2ccc(-c3ccc(C#N)cc3-c3ccccc3-c3ccc(-c4nc(-c5ccccc5)nc(-c5ccc(-c6cccc(-c7cc(-c8cccc(-c9cc(C#N)cc(-c%10ccccc%10-c%10ccc(-c%11ccccc%11)c%11nonc%10%11)c9)c8)nc(-c8ccccc8)n7)c6)cc5)n4)cc3)cc2)OC(c2ccccc2)=N1. The number of aliphatic imine (C=N–C) groups is 1. The lowest BCUT2D eigenvalue weighted by Gasteiger charge is -2.17. The van der Waals surface area contributed by atoms with Crippen LogP contribution in [0, 0.1) is 22.7 Å². The van der Waals surface area contributed by atoms with E-state index < -0.39 is 0 Å². The summed E-state index contributed by atoms with van der Waals surface area (Å²) in [4.78, 5) is 30.5. The van der Waals surface area contributed by atoms with Crippen LogP contribution in [-0.2, 0) is 4.74 Å². The van der Waals surface area contributed by atoms with Crippen molar-refractivity contribution in [3.63, 3.8) is 0 Å². The summed E-state index contributed by atoms with van der Waals surface area (Å²) < 4.78 is 11.7. The molecule has 0 aliphatic carbocycles. The van der Waals surface area contributed by atoms with Gasteiger partial charge in [-0.2, -0.15) is 10.5 Å².